The predicted octanol–water partition coefficient (Wildman–Crippen LogP) is 20.1. The lowest BCUT2D eigenvalue weighted by Crippen LogP contribution is -2.02. The maximum absolute atomic E-state index is 2.46. The predicted molar refractivity (Wildman–Crippen MR) is 321 cm³/mol. The van der Waals surface area contributed by atoms with Gasteiger partial charge in [0.1, 0.15) is 0 Å². The van der Waals surface area contributed by atoms with Gasteiger partial charge in [-0.3, -0.25) is 0 Å². The minimum absolute atomic E-state index is 1.09. The van der Waals surface area contributed by atoms with Gasteiger partial charge in [-0.15, -0.1) is 0 Å². The molecule has 76 heavy (non-hydrogen) atoms. The van der Waals surface area contributed by atoms with Gasteiger partial charge in [0.15, 0.2) is 0 Å². The van der Waals surface area contributed by atoms with Crippen LogP contribution in [0, 0.1) is 0 Å². The molecule has 0 spiro atoms. The third-order valence-electron chi connectivity index (χ3n) is 15.1. The molecule has 0 aliphatic heterocycles. The van der Waals surface area contributed by atoms with Crippen molar-refractivity contribution in [2.24, 2.45) is 0 Å². The van der Waals surface area contributed by atoms with E-state index in [1.54, 1.807) is 0 Å². The molecule has 356 valence electrons. The van der Waals surface area contributed by atoms with Crippen molar-refractivity contribution in [1.82, 2.24) is 9.13 Å². The normalized spacial score (nSPS) is 11.4. The minimum atomic E-state index is 1.09. The molecule has 0 atom stereocenters. The SMILES string of the molecule is c1ccc(-c2cc(-c3ccccc3)cc(-c3c4ccc(-n5c(-c6ccccc6)ccc5-c5ccccc5)cc4c(-c4ccc5ccccc5c4)c4ccc(-n5c(-c6ccccc6)ccc5-c5ccccc5)cc34)c2)cc1. The second kappa shape index (κ2) is 19.1. The van der Waals surface area contributed by atoms with Crippen molar-refractivity contribution in [2.75, 3.05) is 0 Å². The van der Waals surface area contributed by atoms with Crippen LogP contribution in [-0.4, -0.2) is 9.13 Å². The standard InChI is InChI=1S/C74H50N2/c1-7-21-51(22-8-1)60-46-61(52-23-9-2-10-24-52)48-62(47-60)74-66-40-38-63(75-69(54-26-11-3-12-27-54)41-42-70(75)55-28-13-4-14-29-55)49-67(66)73(59-36-35-53-25-19-20-34-58(53)45-59)65-39-37-64(50-68(65)74)76-71(56-30-15-5-16-31-56)43-44-72(76)57-32-17-6-18-33-57/h1-50H. The Morgan fingerprint density at radius 2 is 0.500 bits per heavy atom. The smallest absolute Gasteiger partial charge is 0.0535 e. The second-order valence-corrected chi connectivity index (χ2v) is 19.6. The number of hydrogen-bond donors (Lipinski definition) is 0. The van der Waals surface area contributed by atoms with Gasteiger partial charge in [0.05, 0.1) is 22.8 Å². The zero-order chi connectivity index (χ0) is 50.4. The molecule has 0 aliphatic carbocycles. The first-order valence-corrected chi connectivity index (χ1v) is 26.2. The molecule has 0 aliphatic rings. The van der Waals surface area contributed by atoms with Gasteiger partial charge in [-0.05, 0) is 172 Å². The Morgan fingerprint density at radius 1 is 0.171 bits per heavy atom. The molecule has 2 heterocycles. The number of benzene rings is 12. The Bertz CT molecular complexity index is 4230. The van der Waals surface area contributed by atoms with Gasteiger partial charge in [0.2, 0.25) is 0 Å². The third kappa shape index (κ3) is 8.01. The summed E-state index contributed by atoms with van der Waals surface area (Å²) in [5.41, 5.74) is 20.7. The molecule has 0 amide bonds. The first-order chi connectivity index (χ1) is 37.7. The van der Waals surface area contributed by atoms with Crippen LogP contribution >= 0.6 is 0 Å². The minimum Gasteiger partial charge on any atom is -0.309 e. The fraction of sp³-hybridized carbons (Fsp3) is 0. The van der Waals surface area contributed by atoms with Crippen LogP contribution in [0.15, 0.2) is 303 Å². The topological polar surface area (TPSA) is 9.86 Å². The lowest BCUT2D eigenvalue weighted by Gasteiger charge is -2.23. The fourth-order valence-electron chi connectivity index (χ4n) is 11.6. The first-order valence-electron chi connectivity index (χ1n) is 26.2. The van der Waals surface area contributed by atoms with Crippen LogP contribution in [0.3, 0.4) is 0 Å². The number of rotatable bonds is 10. The molecule has 0 unspecified atom stereocenters. The van der Waals surface area contributed by atoms with E-state index in [0.29, 0.717) is 0 Å². The van der Waals surface area contributed by atoms with E-state index in [9.17, 15) is 0 Å². The van der Waals surface area contributed by atoms with Gasteiger partial charge in [-0.1, -0.05) is 231 Å². The zero-order valence-electron chi connectivity index (χ0n) is 41.8. The van der Waals surface area contributed by atoms with Crippen LogP contribution in [0.2, 0.25) is 0 Å². The summed E-state index contributed by atoms with van der Waals surface area (Å²) in [6.07, 6.45) is 0. The van der Waals surface area contributed by atoms with E-state index in [4.69, 9.17) is 0 Å². The van der Waals surface area contributed by atoms with E-state index in [-0.39, 0.29) is 0 Å². The highest BCUT2D eigenvalue weighted by atomic mass is 15.0. The summed E-state index contributed by atoms with van der Waals surface area (Å²) >= 11 is 0. The lowest BCUT2D eigenvalue weighted by molar-refractivity contribution is 1.10. The Kier molecular flexibility index (Phi) is 11.2. The van der Waals surface area contributed by atoms with Crippen molar-refractivity contribution >= 4 is 32.3 Å². The molecule has 0 bridgehead atoms. The summed E-state index contributed by atoms with van der Waals surface area (Å²) in [6, 6.07) is 111. The Labute approximate surface area is 443 Å². The maximum atomic E-state index is 2.46. The van der Waals surface area contributed by atoms with Gasteiger partial charge >= 0.3 is 0 Å². The summed E-state index contributed by atoms with van der Waals surface area (Å²) in [6.45, 7) is 0. The highest BCUT2D eigenvalue weighted by Crippen LogP contribution is 2.48. The fourth-order valence-corrected chi connectivity index (χ4v) is 11.6. The van der Waals surface area contributed by atoms with Crippen LogP contribution in [0.1, 0.15) is 0 Å². The molecular formula is C74H50N2. The molecule has 0 fully saturated rings. The average Bonchev–Trinajstić information content (AvgIpc) is 4.27. The number of hydrogen-bond acceptors (Lipinski definition) is 0. The summed E-state index contributed by atoms with van der Waals surface area (Å²) < 4.78 is 4.90. The van der Waals surface area contributed by atoms with E-state index in [1.165, 1.54) is 71.3 Å². The van der Waals surface area contributed by atoms with E-state index in [2.05, 4.69) is 312 Å². The van der Waals surface area contributed by atoms with E-state index in [1.807, 2.05) is 0 Å². The molecule has 0 radical (unpaired) electrons. The van der Waals surface area contributed by atoms with Crippen LogP contribution < -0.4 is 0 Å². The summed E-state index contributed by atoms with van der Waals surface area (Å²) in [4.78, 5) is 0. The second-order valence-electron chi connectivity index (χ2n) is 19.6. The van der Waals surface area contributed by atoms with Gasteiger partial charge in [0.25, 0.3) is 0 Å². The Balaban J connectivity index is 1.13. The van der Waals surface area contributed by atoms with Gasteiger partial charge < -0.3 is 9.13 Å². The van der Waals surface area contributed by atoms with Crippen molar-refractivity contribution in [3.63, 3.8) is 0 Å². The Morgan fingerprint density at radius 3 is 0.895 bits per heavy atom. The zero-order valence-corrected chi connectivity index (χ0v) is 41.8. The summed E-state index contributed by atoms with van der Waals surface area (Å²) in [5.74, 6) is 0. The van der Waals surface area contributed by atoms with Gasteiger partial charge in [-0.25, -0.2) is 0 Å². The van der Waals surface area contributed by atoms with Crippen LogP contribution in [0.5, 0.6) is 0 Å². The number of nitrogens with zero attached hydrogens (tertiary/aromatic N) is 2. The molecule has 0 saturated carbocycles. The average molecular weight is 967 g/mol. The molecule has 0 saturated heterocycles. The largest absolute Gasteiger partial charge is 0.309 e. The van der Waals surface area contributed by atoms with Crippen LogP contribution in [0.25, 0.3) is 133 Å². The molecule has 12 aromatic carbocycles. The maximum Gasteiger partial charge on any atom is 0.0535 e. The first kappa shape index (κ1) is 44.7. The summed E-state index contributed by atoms with van der Waals surface area (Å²) in [7, 11) is 0. The highest BCUT2D eigenvalue weighted by Gasteiger charge is 2.23. The van der Waals surface area contributed by atoms with Crippen molar-refractivity contribution in [2.45, 2.75) is 0 Å². The highest BCUT2D eigenvalue weighted by molar-refractivity contribution is 6.23. The van der Waals surface area contributed by atoms with Gasteiger partial charge in [-0.2, -0.15) is 0 Å². The molecule has 2 heteroatoms. The van der Waals surface area contributed by atoms with Gasteiger partial charge in [0, 0.05) is 11.4 Å². The number of fused-ring (bicyclic) bond motifs is 3. The molecule has 2 nitrogen and oxygen atoms in total. The van der Waals surface area contributed by atoms with Crippen LogP contribution in [0.4, 0.5) is 0 Å². The van der Waals surface area contributed by atoms with E-state index in [0.717, 1.165) is 62.0 Å². The molecular weight excluding hydrogens is 917 g/mol. The van der Waals surface area contributed by atoms with Crippen molar-refractivity contribution in [3.8, 4) is 101 Å². The quantitative estimate of drug-likeness (QED) is 0.121. The molecule has 14 rings (SSSR count). The number of aromatic nitrogens is 2. The van der Waals surface area contributed by atoms with E-state index < -0.39 is 0 Å². The summed E-state index contributed by atoms with van der Waals surface area (Å²) in [5, 5.41) is 7.13. The molecule has 0 N–H and O–H groups in total. The molecule has 14 aromatic rings. The van der Waals surface area contributed by atoms with Crippen molar-refractivity contribution in [3.05, 3.63) is 303 Å². The Hall–Kier alpha value is -10.0. The van der Waals surface area contributed by atoms with Crippen LogP contribution in [-0.2, 0) is 0 Å². The lowest BCUT2D eigenvalue weighted by atomic mass is 9.83. The monoisotopic (exact) mass is 966 g/mol. The molecule has 2 aromatic heterocycles. The van der Waals surface area contributed by atoms with E-state index >= 15 is 0 Å². The third-order valence-corrected chi connectivity index (χ3v) is 15.1. The van der Waals surface area contributed by atoms with Crippen molar-refractivity contribution in [1.29, 1.82) is 0 Å². The van der Waals surface area contributed by atoms with Crippen molar-refractivity contribution < 1.29 is 0 Å².